The number of esters is 1. The lowest BCUT2D eigenvalue weighted by Gasteiger charge is -2.13. The Morgan fingerprint density at radius 2 is 1.89 bits per heavy atom. The molecular formula is C18H17ClN2O5S. The molecule has 0 aliphatic heterocycles. The van der Waals surface area contributed by atoms with Crippen molar-refractivity contribution in [3.63, 3.8) is 0 Å². The van der Waals surface area contributed by atoms with Crippen LogP contribution in [0, 0.1) is 0 Å². The Morgan fingerprint density at radius 1 is 1.19 bits per heavy atom. The van der Waals surface area contributed by atoms with Gasteiger partial charge in [0.1, 0.15) is 0 Å². The number of sulfonamides is 1. The van der Waals surface area contributed by atoms with Crippen LogP contribution in [0.25, 0.3) is 0 Å². The van der Waals surface area contributed by atoms with Gasteiger partial charge < -0.3 is 10.1 Å². The second-order valence-electron chi connectivity index (χ2n) is 5.28. The molecule has 0 aliphatic carbocycles. The molecule has 0 atom stereocenters. The smallest absolute Gasteiger partial charge is 0.339 e. The van der Waals surface area contributed by atoms with Crippen molar-refractivity contribution in [3.05, 3.63) is 71.3 Å². The predicted octanol–water partition coefficient (Wildman–Crippen LogP) is 2.84. The Bertz CT molecular complexity index is 989. The Kier molecular flexibility index (Phi) is 6.59. The summed E-state index contributed by atoms with van der Waals surface area (Å²) in [4.78, 5) is 23.7. The molecule has 142 valence electrons. The van der Waals surface area contributed by atoms with Crippen LogP contribution in [0.1, 0.15) is 20.7 Å². The summed E-state index contributed by atoms with van der Waals surface area (Å²) in [5.74, 6) is -1.22. The first kappa shape index (κ1) is 20.5. The minimum absolute atomic E-state index is 0.0602. The quantitative estimate of drug-likeness (QED) is 0.541. The van der Waals surface area contributed by atoms with Crippen molar-refractivity contribution in [2.45, 2.75) is 4.90 Å². The molecule has 0 heterocycles. The van der Waals surface area contributed by atoms with Crippen molar-refractivity contribution in [1.82, 2.24) is 5.32 Å². The molecule has 2 aromatic carbocycles. The van der Waals surface area contributed by atoms with Crippen molar-refractivity contribution in [1.29, 1.82) is 0 Å². The number of ether oxygens (including phenoxy) is 1. The molecule has 2 aromatic rings. The third-order valence-corrected chi connectivity index (χ3v) is 5.17. The van der Waals surface area contributed by atoms with Crippen LogP contribution in [0.15, 0.2) is 60.0 Å². The minimum atomic E-state index is -4.09. The molecule has 0 bridgehead atoms. The van der Waals surface area contributed by atoms with Crippen LogP contribution >= 0.6 is 11.6 Å². The molecular weight excluding hydrogens is 392 g/mol. The molecule has 0 unspecified atom stereocenters. The van der Waals surface area contributed by atoms with E-state index >= 15 is 0 Å². The Hall–Kier alpha value is -2.84. The van der Waals surface area contributed by atoms with Gasteiger partial charge in [-0.1, -0.05) is 29.8 Å². The van der Waals surface area contributed by atoms with Gasteiger partial charge in [0, 0.05) is 6.54 Å². The van der Waals surface area contributed by atoms with Crippen molar-refractivity contribution >= 4 is 39.2 Å². The van der Waals surface area contributed by atoms with E-state index in [1.807, 2.05) is 0 Å². The van der Waals surface area contributed by atoms with Crippen LogP contribution in [0.4, 0.5) is 5.69 Å². The maximum atomic E-state index is 12.7. The van der Waals surface area contributed by atoms with Gasteiger partial charge >= 0.3 is 5.97 Å². The summed E-state index contributed by atoms with van der Waals surface area (Å²) in [6, 6.07) is 9.77. The van der Waals surface area contributed by atoms with Crippen LogP contribution in [-0.4, -0.2) is 33.9 Å². The number of hydrogen-bond acceptors (Lipinski definition) is 5. The summed E-state index contributed by atoms with van der Waals surface area (Å²) in [5, 5.41) is 2.64. The number of rotatable bonds is 7. The van der Waals surface area contributed by atoms with E-state index in [1.54, 1.807) is 12.1 Å². The highest BCUT2D eigenvalue weighted by Crippen LogP contribution is 2.24. The fourth-order valence-electron chi connectivity index (χ4n) is 2.17. The van der Waals surface area contributed by atoms with E-state index in [2.05, 4.69) is 21.4 Å². The monoisotopic (exact) mass is 408 g/mol. The SMILES string of the molecule is C=CCNC(=O)c1ccccc1NS(=O)(=O)c1ccc(Cl)c(C(=O)OC)c1. The first-order valence-corrected chi connectivity index (χ1v) is 9.55. The maximum absolute atomic E-state index is 12.7. The van der Waals surface area contributed by atoms with Gasteiger partial charge in [-0.05, 0) is 30.3 Å². The number of anilines is 1. The van der Waals surface area contributed by atoms with Gasteiger partial charge in [0.2, 0.25) is 0 Å². The number of carbonyl (C=O) groups excluding carboxylic acids is 2. The summed E-state index contributed by atoms with van der Waals surface area (Å²) in [7, 11) is -2.92. The Labute approximate surface area is 162 Å². The number of halogens is 1. The summed E-state index contributed by atoms with van der Waals surface area (Å²) in [5.41, 5.74) is 0.151. The second kappa shape index (κ2) is 8.70. The average molecular weight is 409 g/mol. The van der Waals surface area contributed by atoms with E-state index in [4.69, 9.17) is 11.6 Å². The summed E-state index contributed by atoms with van der Waals surface area (Å²) in [6.07, 6.45) is 1.51. The normalized spacial score (nSPS) is 10.7. The standard InChI is InChI=1S/C18H17ClN2O5S/c1-3-10-20-17(22)13-6-4-5-7-16(13)21-27(24,25)12-8-9-15(19)14(11-12)18(23)26-2/h3-9,11,21H,1,10H2,2H3,(H,20,22). The van der Waals surface area contributed by atoms with Gasteiger partial charge in [0.15, 0.2) is 0 Å². The van der Waals surface area contributed by atoms with E-state index in [-0.39, 0.29) is 33.3 Å². The molecule has 0 spiro atoms. The van der Waals surface area contributed by atoms with E-state index in [9.17, 15) is 18.0 Å². The van der Waals surface area contributed by atoms with Gasteiger partial charge in [0.25, 0.3) is 15.9 Å². The van der Waals surface area contributed by atoms with E-state index in [0.29, 0.717) is 0 Å². The fourth-order valence-corrected chi connectivity index (χ4v) is 3.47. The van der Waals surface area contributed by atoms with Gasteiger partial charge in [-0.3, -0.25) is 9.52 Å². The molecule has 2 N–H and O–H groups in total. The van der Waals surface area contributed by atoms with Crippen LogP contribution in [0.3, 0.4) is 0 Å². The highest BCUT2D eigenvalue weighted by atomic mass is 35.5. The second-order valence-corrected chi connectivity index (χ2v) is 7.37. The fraction of sp³-hybridized carbons (Fsp3) is 0.111. The van der Waals surface area contributed by atoms with Crippen molar-refractivity contribution in [3.8, 4) is 0 Å². The minimum Gasteiger partial charge on any atom is -0.465 e. The Morgan fingerprint density at radius 3 is 2.56 bits per heavy atom. The molecule has 1 amide bonds. The summed E-state index contributed by atoms with van der Waals surface area (Å²) in [6.45, 7) is 3.75. The van der Waals surface area contributed by atoms with Gasteiger partial charge in [-0.15, -0.1) is 6.58 Å². The average Bonchev–Trinajstić information content (AvgIpc) is 2.65. The third kappa shape index (κ3) is 4.87. The van der Waals surface area contributed by atoms with Crippen LogP contribution in [-0.2, 0) is 14.8 Å². The molecule has 7 nitrogen and oxygen atoms in total. The lowest BCUT2D eigenvalue weighted by Crippen LogP contribution is -2.25. The van der Waals surface area contributed by atoms with Gasteiger partial charge in [-0.25, -0.2) is 13.2 Å². The number of benzene rings is 2. The Balaban J connectivity index is 2.39. The molecule has 0 aromatic heterocycles. The van der Waals surface area contributed by atoms with Gasteiger partial charge in [0.05, 0.1) is 33.8 Å². The van der Waals surface area contributed by atoms with Crippen LogP contribution in [0.2, 0.25) is 5.02 Å². The number of carbonyl (C=O) groups is 2. The molecule has 9 heteroatoms. The van der Waals surface area contributed by atoms with E-state index in [0.717, 1.165) is 13.2 Å². The highest BCUT2D eigenvalue weighted by Gasteiger charge is 2.21. The van der Waals surface area contributed by atoms with E-state index < -0.39 is 21.9 Å². The molecule has 0 saturated carbocycles. The molecule has 0 aliphatic rings. The third-order valence-electron chi connectivity index (χ3n) is 3.48. The number of amides is 1. The zero-order chi connectivity index (χ0) is 20.0. The van der Waals surface area contributed by atoms with Crippen LogP contribution in [0.5, 0.6) is 0 Å². The molecule has 0 saturated heterocycles. The number of para-hydroxylation sites is 1. The van der Waals surface area contributed by atoms with Crippen LogP contribution < -0.4 is 10.0 Å². The zero-order valence-electron chi connectivity index (χ0n) is 14.4. The topological polar surface area (TPSA) is 102 Å². The lowest BCUT2D eigenvalue weighted by molar-refractivity contribution is 0.0600. The van der Waals surface area contributed by atoms with Crippen molar-refractivity contribution in [2.75, 3.05) is 18.4 Å². The van der Waals surface area contributed by atoms with Gasteiger partial charge in [-0.2, -0.15) is 0 Å². The first-order valence-electron chi connectivity index (χ1n) is 7.69. The van der Waals surface area contributed by atoms with Crippen molar-refractivity contribution in [2.24, 2.45) is 0 Å². The predicted molar refractivity (Wildman–Crippen MR) is 103 cm³/mol. The van der Waals surface area contributed by atoms with Crippen molar-refractivity contribution < 1.29 is 22.7 Å². The summed E-state index contributed by atoms with van der Waals surface area (Å²) < 4.78 is 32.4. The molecule has 2 rings (SSSR count). The maximum Gasteiger partial charge on any atom is 0.339 e. The highest BCUT2D eigenvalue weighted by molar-refractivity contribution is 7.92. The first-order chi connectivity index (χ1) is 12.8. The lowest BCUT2D eigenvalue weighted by atomic mass is 10.1. The zero-order valence-corrected chi connectivity index (χ0v) is 15.9. The molecule has 0 fully saturated rings. The number of nitrogens with one attached hydrogen (secondary N) is 2. The van der Waals surface area contributed by atoms with E-state index in [1.165, 1.54) is 30.3 Å². The largest absolute Gasteiger partial charge is 0.465 e. The molecule has 27 heavy (non-hydrogen) atoms. The number of methoxy groups -OCH3 is 1. The number of hydrogen-bond donors (Lipinski definition) is 2. The molecule has 0 radical (unpaired) electrons. The summed E-state index contributed by atoms with van der Waals surface area (Å²) >= 11 is 5.92.